The number of esters is 1. The van der Waals surface area contributed by atoms with Crippen molar-refractivity contribution < 1.29 is 19.1 Å². The average molecular weight is 376 g/mol. The van der Waals surface area contributed by atoms with Gasteiger partial charge in [-0.2, -0.15) is 0 Å². The maximum Gasteiger partial charge on any atom is 0.410 e. The van der Waals surface area contributed by atoms with Crippen molar-refractivity contribution in [2.24, 2.45) is 0 Å². The van der Waals surface area contributed by atoms with Crippen LogP contribution in [0.1, 0.15) is 37.4 Å². The minimum Gasteiger partial charge on any atom is -0.462 e. The molecule has 0 radical (unpaired) electrons. The number of hydrogen-bond donors (Lipinski definition) is 0. The highest BCUT2D eigenvalue weighted by Gasteiger charge is 2.28. The second-order valence-corrected chi connectivity index (χ2v) is 7.63. The van der Waals surface area contributed by atoms with Crippen LogP contribution in [0, 0.1) is 0 Å². The first kappa shape index (κ1) is 18.8. The molecule has 24 heavy (non-hydrogen) atoms. The van der Waals surface area contributed by atoms with Crippen molar-refractivity contribution >= 4 is 40.1 Å². The van der Waals surface area contributed by atoms with E-state index in [4.69, 9.17) is 21.1 Å². The second kappa shape index (κ2) is 7.57. The predicted molar refractivity (Wildman–Crippen MR) is 93.1 cm³/mol. The molecule has 1 aromatic heterocycles. The fourth-order valence-electron chi connectivity index (χ4n) is 2.16. The van der Waals surface area contributed by atoms with E-state index in [0.29, 0.717) is 36.2 Å². The lowest BCUT2D eigenvalue weighted by atomic mass is 10.2. The van der Waals surface area contributed by atoms with Crippen LogP contribution in [0.2, 0.25) is 5.15 Å². The summed E-state index contributed by atoms with van der Waals surface area (Å²) in [7, 11) is 0. The largest absolute Gasteiger partial charge is 0.462 e. The standard InChI is InChI=1S/C15H22ClN3O4S/c1-5-22-12(20)10-11(16)17-13(24-10)18-6-8-19(9-7-18)14(21)23-15(2,3)4/h5-9H2,1-4H3. The molecule has 1 aliphatic rings. The lowest BCUT2D eigenvalue weighted by Gasteiger charge is -2.35. The Morgan fingerprint density at radius 2 is 1.88 bits per heavy atom. The fourth-order valence-corrected chi connectivity index (χ4v) is 3.38. The van der Waals surface area contributed by atoms with Crippen LogP contribution in [0.3, 0.4) is 0 Å². The molecule has 1 aliphatic heterocycles. The molecule has 0 atom stereocenters. The summed E-state index contributed by atoms with van der Waals surface area (Å²) >= 11 is 7.24. The van der Waals surface area contributed by atoms with Crippen LogP contribution in [0.25, 0.3) is 0 Å². The van der Waals surface area contributed by atoms with Gasteiger partial charge in [-0.1, -0.05) is 22.9 Å². The summed E-state index contributed by atoms with van der Waals surface area (Å²) in [6.07, 6.45) is -0.313. The van der Waals surface area contributed by atoms with E-state index in [9.17, 15) is 9.59 Å². The minimum atomic E-state index is -0.508. The highest BCUT2D eigenvalue weighted by Crippen LogP contribution is 2.31. The second-order valence-electron chi connectivity index (χ2n) is 6.29. The zero-order valence-corrected chi connectivity index (χ0v) is 15.9. The normalized spacial score (nSPS) is 15.4. The third-order valence-corrected chi connectivity index (χ3v) is 4.72. The van der Waals surface area contributed by atoms with Gasteiger partial charge in [0.2, 0.25) is 0 Å². The smallest absolute Gasteiger partial charge is 0.410 e. The quantitative estimate of drug-likeness (QED) is 0.756. The first-order valence-electron chi connectivity index (χ1n) is 7.77. The molecule has 1 aromatic rings. The number of amides is 1. The van der Waals surface area contributed by atoms with Gasteiger partial charge >= 0.3 is 12.1 Å². The van der Waals surface area contributed by atoms with Gasteiger partial charge in [0.15, 0.2) is 15.2 Å². The number of nitrogens with zero attached hydrogens (tertiary/aromatic N) is 3. The van der Waals surface area contributed by atoms with E-state index in [1.54, 1.807) is 11.8 Å². The summed E-state index contributed by atoms with van der Waals surface area (Å²) < 4.78 is 10.3. The minimum absolute atomic E-state index is 0.156. The van der Waals surface area contributed by atoms with Crippen molar-refractivity contribution in [3.63, 3.8) is 0 Å². The van der Waals surface area contributed by atoms with Gasteiger partial charge in [0.1, 0.15) is 5.60 Å². The Kier molecular flexibility index (Phi) is 5.92. The van der Waals surface area contributed by atoms with Gasteiger partial charge in [0, 0.05) is 26.2 Å². The van der Waals surface area contributed by atoms with Gasteiger partial charge < -0.3 is 19.3 Å². The Morgan fingerprint density at radius 3 is 2.42 bits per heavy atom. The summed E-state index contributed by atoms with van der Waals surface area (Å²) in [5.41, 5.74) is -0.508. The van der Waals surface area contributed by atoms with Crippen molar-refractivity contribution in [3.8, 4) is 0 Å². The molecule has 9 heteroatoms. The monoisotopic (exact) mass is 375 g/mol. The Morgan fingerprint density at radius 1 is 1.25 bits per heavy atom. The molecule has 0 unspecified atom stereocenters. The van der Waals surface area contributed by atoms with E-state index in [0.717, 1.165) is 0 Å². The maximum atomic E-state index is 12.1. The van der Waals surface area contributed by atoms with Crippen LogP contribution >= 0.6 is 22.9 Å². The zero-order chi connectivity index (χ0) is 17.9. The van der Waals surface area contributed by atoms with Crippen LogP contribution < -0.4 is 4.90 Å². The molecular weight excluding hydrogens is 354 g/mol. The maximum absolute atomic E-state index is 12.1. The van der Waals surface area contributed by atoms with Gasteiger partial charge in [0.25, 0.3) is 0 Å². The van der Waals surface area contributed by atoms with E-state index in [1.165, 1.54) is 11.3 Å². The molecule has 2 rings (SSSR count). The third kappa shape index (κ3) is 4.73. The molecule has 7 nitrogen and oxygen atoms in total. The number of piperazine rings is 1. The van der Waals surface area contributed by atoms with Crippen LogP contribution in [0.4, 0.5) is 9.93 Å². The molecular formula is C15H22ClN3O4S. The van der Waals surface area contributed by atoms with E-state index in [-0.39, 0.29) is 17.9 Å². The molecule has 1 fully saturated rings. The van der Waals surface area contributed by atoms with E-state index in [2.05, 4.69) is 4.98 Å². The van der Waals surface area contributed by atoms with Crippen LogP contribution in [0.15, 0.2) is 0 Å². The Balaban J connectivity index is 1.96. The number of halogens is 1. The molecule has 2 heterocycles. The van der Waals surface area contributed by atoms with Crippen molar-refractivity contribution in [1.29, 1.82) is 0 Å². The summed E-state index contributed by atoms with van der Waals surface area (Å²) in [5, 5.41) is 0.815. The Hall–Kier alpha value is -1.54. The van der Waals surface area contributed by atoms with E-state index < -0.39 is 11.6 Å². The third-order valence-electron chi connectivity index (χ3n) is 3.24. The molecule has 134 valence electrons. The van der Waals surface area contributed by atoms with Crippen molar-refractivity contribution in [2.75, 3.05) is 37.7 Å². The lowest BCUT2D eigenvalue weighted by Crippen LogP contribution is -2.50. The summed E-state index contributed by atoms with van der Waals surface area (Å²) in [4.78, 5) is 32.1. The summed E-state index contributed by atoms with van der Waals surface area (Å²) in [6.45, 7) is 9.82. The number of anilines is 1. The first-order valence-corrected chi connectivity index (χ1v) is 8.97. The van der Waals surface area contributed by atoms with E-state index >= 15 is 0 Å². The van der Waals surface area contributed by atoms with Gasteiger partial charge in [-0.25, -0.2) is 14.6 Å². The van der Waals surface area contributed by atoms with Crippen LogP contribution in [-0.4, -0.2) is 60.3 Å². The molecule has 0 saturated carbocycles. The van der Waals surface area contributed by atoms with Crippen molar-refractivity contribution in [2.45, 2.75) is 33.3 Å². The lowest BCUT2D eigenvalue weighted by molar-refractivity contribution is 0.0240. The zero-order valence-electron chi connectivity index (χ0n) is 14.3. The molecule has 0 N–H and O–H groups in total. The highest BCUT2D eigenvalue weighted by molar-refractivity contribution is 7.18. The van der Waals surface area contributed by atoms with Gasteiger partial charge in [0.05, 0.1) is 6.61 Å². The number of aromatic nitrogens is 1. The summed E-state index contributed by atoms with van der Waals surface area (Å²) in [5.74, 6) is -0.460. The molecule has 1 amide bonds. The van der Waals surface area contributed by atoms with Gasteiger partial charge in [-0.15, -0.1) is 0 Å². The number of ether oxygens (including phenoxy) is 2. The molecule has 0 aliphatic carbocycles. The summed E-state index contributed by atoms with van der Waals surface area (Å²) in [6, 6.07) is 0. The number of rotatable bonds is 3. The predicted octanol–water partition coefficient (Wildman–Crippen LogP) is 3.03. The molecule has 0 spiro atoms. The van der Waals surface area contributed by atoms with Gasteiger partial charge in [-0.3, -0.25) is 0 Å². The molecule has 0 bridgehead atoms. The Bertz CT molecular complexity index is 606. The SMILES string of the molecule is CCOC(=O)c1sc(N2CCN(C(=O)OC(C)(C)C)CC2)nc1Cl. The topological polar surface area (TPSA) is 72.0 Å². The van der Waals surface area contributed by atoms with E-state index in [1.807, 2.05) is 25.7 Å². The van der Waals surface area contributed by atoms with Crippen molar-refractivity contribution in [3.05, 3.63) is 10.0 Å². The van der Waals surface area contributed by atoms with Gasteiger partial charge in [-0.05, 0) is 27.7 Å². The molecule has 1 saturated heterocycles. The number of carbonyl (C=O) groups excluding carboxylic acids is 2. The highest BCUT2D eigenvalue weighted by atomic mass is 35.5. The fraction of sp³-hybridized carbons (Fsp3) is 0.667. The van der Waals surface area contributed by atoms with Crippen molar-refractivity contribution in [1.82, 2.24) is 9.88 Å². The average Bonchev–Trinajstić information content (AvgIpc) is 2.88. The molecule has 0 aromatic carbocycles. The Labute approximate surface area is 150 Å². The number of carbonyl (C=O) groups is 2. The van der Waals surface area contributed by atoms with Crippen LogP contribution in [0.5, 0.6) is 0 Å². The number of thiazole rings is 1. The number of hydrogen-bond acceptors (Lipinski definition) is 7. The van der Waals surface area contributed by atoms with Crippen LogP contribution in [-0.2, 0) is 9.47 Å². The first-order chi connectivity index (χ1) is 11.2.